The van der Waals surface area contributed by atoms with E-state index < -0.39 is 0 Å². The monoisotopic (exact) mass is 240 g/mol. The van der Waals surface area contributed by atoms with Gasteiger partial charge in [0, 0.05) is 12.6 Å². The third kappa shape index (κ3) is 2.33. The fraction of sp³-hybridized carbons (Fsp3) is 0.889. The number of nitrogens with one attached hydrogen (secondary N) is 1. The summed E-state index contributed by atoms with van der Waals surface area (Å²) in [4.78, 5) is 11.5. The van der Waals surface area contributed by atoms with E-state index in [0.717, 1.165) is 38.6 Å². The molecular formula is C9H18Cl2N2O. The summed E-state index contributed by atoms with van der Waals surface area (Å²) in [6.07, 6.45) is 5.16. The Balaban J connectivity index is 0.000000845. The Morgan fingerprint density at radius 1 is 1.36 bits per heavy atom. The normalized spacial score (nSPS) is 35.8. The molecule has 0 aromatic heterocycles. The predicted molar refractivity (Wildman–Crippen MR) is 61.0 cm³/mol. The highest BCUT2D eigenvalue weighted by Gasteiger charge is 2.44. The van der Waals surface area contributed by atoms with E-state index >= 15 is 0 Å². The summed E-state index contributed by atoms with van der Waals surface area (Å²) in [5.41, 5.74) is 5.80. The van der Waals surface area contributed by atoms with Crippen LogP contribution in [0.4, 0.5) is 0 Å². The van der Waals surface area contributed by atoms with Crippen LogP contribution in [0, 0.1) is 5.41 Å². The van der Waals surface area contributed by atoms with Gasteiger partial charge in [-0.25, -0.2) is 0 Å². The van der Waals surface area contributed by atoms with Gasteiger partial charge >= 0.3 is 0 Å². The fourth-order valence-corrected chi connectivity index (χ4v) is 2.56. The average Bonchev–Trinajstić information content (AvgIpc) is 2.33. The van der Waals surface area contributed by atoms with Crippen LogP contribution in [-0.2, 0) is 4.79 Å². The first-order valence-corrected chi connectivity index (χ1v) is 4.77. The van der Waals surface area contributed by atoms with Gasteiger partial charge in [-0.3, -0.25) is 4.79 Å². The molecule has 0 bridgehead atoms. The number of carbonyl (C=O) groups is 1. The molecule has 0 aromatic carbocycles. The van der Waals surface area contributed by atoms with E-state index in [1.807, 2.05) is 0 Å². The summed E-state index contributed by atoms with van der Waals surface area (Å²) < 4.78 is 0. The Bertz CT molecular complexity index is 213. The molecular weight excluding hydrogens is 223 g/mol. The molecule has 1 heterocycles. The molecule has 5 heteroatoms. The van der Waals surface area contributed by atoms with Gasteiger partial charge in [-0.15, -0.1) is 24.8 Å². The van der Waals surface area contributed by atoms with Gasteiger partial charge in [0.15, 0.2) is 0 Å². The highest BCUT2D eigenvalue weighted by Crippen LogP contribution is 2.41. The van der Waals surface area contributed by atoms with Crippen LogP contribution in [0.3, 0.4) is 0 Å². The molecule has 1 saturated heterocycles. The maximum absolute atomic E-state index is 11.5. The van der Waals surface area contributed by atoms with Crippen LogP contribution in [0.15, 0.2) is 0 Å². The first kappa shape index (κ1) is 14.0. The SMILES string of the molecule is Cl.Cl.N[C@@H]1CCC[C@]2(CCNC2=O)C1. The quantitative estimate of drug-likeness (QED) is 0.670. The van der Waals surface area contributed by atoms with E-state index in [9.17, 15) is 4.79 Å². The zero-order valence-corrected chi connectivity index (χ0v) is 9.76. The lowest BCUT2D eigenvalue weighted by Crippen LogP contribution is -2.40. The molecule has 1 aliphatic heterocycles. The molecule has 0 unspecified atom stereocenters. The molecule has 1 amide bonds. The minimum Gasteiger partial charge on any atom is -0.356 e. The van der Waals surface area contributed by atoms with Crippen LogP contribution in [-0.4, -0.2) is 18.5 Å². The Morgan fingerprint density at radius 3 is 2.57 bits per heavy atom. The third-order valence-electron chi connectivity index (χ3n) is 3.25. The zero-order valence-electron chi connectivity index (χ0n) is 8.12. The van der Waals surface area contributed by atoms with Crippen molar-refractivity contribution < 1.29 is 4.79 Å². The van der Waals surface area contributed by atoms with E-state index in [2.05, 4.69) is 5.32 Å². The van der Waals surface area contributed by atoms with Crippen molar-refractivity contribution in [1.82, 2.24) is 5.32 Å². The molecule has 0 radical (unpaired) electrons. The largest absolute Gasteiger partial charge is 0.356 e. The molecule has 2 rings (SSSR count). The maximum Gasteiger partial charge on any atom is 0.226 e. The highest BCUT2D eigenvalue weighted by molar-refractivity contribution is 5.85. The number of nitrogens with two attached hydrogens (primary N) is 1. The minimum absolute atomic E-state index is 0. The van der Waals surface area contributed by atoms with Crippen molar-refractivity contribution in [2.45, 2.75) is 38.1 Å². The van der Waals surface area contributed by atoms with E-state index in [0.29, 0.717) is 0 Å². The van der Waals surface area contributed by atoms with E-state index in [1.165, 1.54) is 0 Å². The first-order valence-electron chi connectivity index (χ1n) is 4.77. The second kappa shape index (κ2) is 5.19. The van der Waals surface area contributed by atoms with Gasteiger partial charge in [0.25, 0.3) is 0 Å². The lowest BCUT2D eigenvalue weighted by Gasteiger charge is -2.33. The number of carbonyl (C=O) groups excluding carboxylic acids is 1. The molecule has 1 spiro atoms. The van der Waals surface area contributed by atoms with E-state index in [4.69, 9.17) is 5.73 Å². The van der Waals surface area contributed by atoms with Crippen molar-refractivity contribution in [2.24, 2.45) is 11.1 Å². The molecule has 84 valence electrons. The van der Waals surface area contributed by atoms with Crippen LogP contribution in [0.5, 0.6) is 0 Å². The Hall–Kier alpha value is 0.01000. The van der Waals surface area contributed by atoms with Crippen molar-refractivity contribution in [3.8, 4) is 0 Å². The number of halogens is 2. The molecule has 1 aliphatic carbocycles. The van der Waals surface area contributed by atoms with Gasteiger partial charge < -0.3 is 11.1 Å². The highest BCUT2D eigenvalue weighted by atomic mass is 35.5. The van der Waals surface area contributed by atoms with Gasteiger partial charge in [-0.1, -0.05) is 6.42 Å². The summed E-state index contributed by atoms with van der Waals surface area (Å²) >= 11 is 0. The molecule has 2 fully saturated rings. The van der Waals surface area contributed by atoms with Crippen LogP contribution in [0.2, 0.25) is 0 Å². The van der Waals surface area contributed by atoms with Crippen molar-refractivity contribution in [3.05, 3.63) is 0 Å². The van der Waals surface area contributed by atoms with Gasteiger partial charge in [-0.05, 0) is 25.7 Å². The molecule has 0 aromatic rings. The number of hydrogen-bond acceptors (Lipinski definition) is 2. The Labute approximate surface area is 97.0 Å². The average molecular weight is 241 g/mol. The molecule has 2 aliphatic rings. The van der Waals surface area contributed by atoms with E-state index in [-0.39, 0.29) is 42.2 Å². The fourth-order valence-electron chi connectivity index (χ4n) is 2.56. The molecule has 3 nitrogen and oxygen atoms in total. The first-order chi connectivity index (χ1) is 5.73. The molecule has 14 heavy (non-hydrogen) atoms. The second-order valence-electron chi connectivity index (χ2n) is 4.14. The van der Waals surface area contributed by atoms with Gasteiger partial charge in [-0.2, -0.15) is 0 Å². The van der Waals surface area contributed by atoms with Crippen LogP contribution in [0.25, 0.3) is 0 Å². The lowest BCUT2D eigenvalue weighted by atomic mass is 9.71. The van der Waals surface area contributed by atoms with Gasteiger partial charge in [0.2, 0.25) is 5.91 Å². The van der Waals surface area contributed by atoms with E-state index in [1.54, 1.807) is 0 Å². The lowest BCUT2D eigenvalue weighted by molar-refractivity contribution is -0.129. The number of rotatable bonds is 0. The summed E-state index contributed by atoms with van der Waals surface area (Å²) in [6, 6.07) is 0.252. The Morgan fingerprint density at radius 2 is 2.07 bits per heavy atom. The number of hydrogen-bond donors (Lipinski definition) is 2. The zero-order chi connectivity index (χ0) is 8.60. The topological polar surface area (TPSA) is 55.1 Å². The predicted octanol–water partition coefficient (Wildman–Crippen LogP) is 1.24. The summed E-state index contributed by atoms with van der Waals surface area (Å²) in [6.45, 7) is 0.853. The minimum atomic E-state index is -0.0718. The van der Waals surface area contributed by atoms with Crippen molar-refractivity contribution in [3.63, 3.8) is 0 Å². The standard InChI is InChI=1S/C9H16N2O.2ClH/c10-7-2-1-3-9(6-7)4-5-11-8(9)12;;/h7H,1-6,10H2,(H,11,12);2*1H/t7-,9+;;/m1../s1. The smallest absolute Gasteiger partial charge is 0.226 e. The molecule has 1 saturated carbocycles. The number of amides is 1. The Kier molecular flexibility index (Phi) is 5.20. The van der Waals surface area contributed by atoms with Crippen molar-refractivity contribution in [2.75, 3.05) is 6.54 Å². The molecule has 3 N–H and O–H groups in total. The van der Waals surface area contributed by atoms with Crippen molar-refractivity contribution in [1.29, 1.82) is 0 Å². The summed E-state index contributed by atoms with van der Waals surface area (Å²) in [5.74, 6) is 0.248. The third-order valence-corrected chi connectivity index (χ3v) is 3.25. The van der Waals surface area contributed by atoms with Crippen LogP contribution < -0.4 is 11.1 Å². The second-order valence-corrected chi connectivity index (χ2v) is 4.14. The summed E-state index contributed by atoms with van der Waals surface area (Å²) in [7, 11) is 0. The summed E-state index contributed by atoms with van der Waals surface area (Å²) in [5, 5.41) is 2.91. The van der Waals surface area contributed by atoms with Crippen molar-refractivity contribution >= 4 is 30.7 Å². The van der Waals surface area contributed by atoms with Crippen LogP contribution >= 0.6 is 24.8 Å². The van der Waals surface area contributed by atoms with Gasteiger partial charge in [0.05, 0.1) is 5.41 Å². The maximum atomic E-state index is 11.5. The van der Waals surface area contributed by atoms with Gasteiger partial charge in [0.1, 0.15) is 0 Å². The molecule has 2 atom stereocenters. The van der Waals surface area contributed by atoms with Crippen LogP contribution in [0.1, 0.15) is 32.1 Å².